The lowest BCUT2D eigenvalue weighted by Gasteiger charge is -2.11. The first-order valence-electron chi connectivity index (χ1n) is 6.05. The highest BCUT2D eigenvalue weighted by atomic mass is 16.5. The molecule has 2 aromatic rings. The summed E-state index contributed by atoms with van der Waals surface area (Å²) in [6.45, 7) is 3.68. The highest BCUT2D eigenvalue weighted by Gasteiger charge is 2.14. The molecule has 17 heavy (non-hydrogen) atoms. The van der Waals surface area contributed by atoms with Crippen LogP contribution in [0.4, 0.5) is 0 Å². The molecule has 1 aromatic heterocycles. The minimum absolute atomic E-state index is 0.491. The summed E-state index contributed by atoms with van der Waals surface area (Å²) >= 11 is 0. The number of ether oxygens (including phenoxy) is 1. The van der Waals surface area contributed by atoms with Gasteiger partial charge in [0.1, 0.15) is 17.9 Å². The van der Waals surface area contributed by atoms with Crippen LogP contribution in [0.25, 0.3) is 11.1 Å². The first kappa shape index (κ1) is 10.6. The Balaban J connectivity index is 1.71. The molecule has 1 atom stereocenters. The zero-order chi connectivity index (χ0) is 11.7. The minimum atomic E-state index is 0.491. The Kier molecular flexibility index (Phi) is 2.73. The van der Waals surface area contributed by atoms with Crippen LogP contribution in [0.2, 0.25) is 0 Å². The summed E-state index contributed by atoms with van der Waals surface area (Å²) in [7, 11) is 0. The van der Waals surface area contributed by atoms with E-state index >= 15 is 0 Å². The normalized spacial score (nSPS) is 19.9. The van der Waals surface area contributed by atoms with Gasteiger partial charge in [-0.3, -0.25) is 0 Å². The van der Waals surface area contributed by atoms with Gasteiger partial charge in [0, 0.05) is 19.0 Å². The summed E-state index contributed by atoms with van der Waals surface area (Å²) in [4.78, 5) is 4.29. The van der Waals surface area contributed by atoms with Crippen molar-refractivity contribution in [1.29, 1.82) is 0 Å². The summed E-state index contributed by atoms with van der Waals surface area (Å²) in [5.41, 5.74) is 1.67. The summed E-state index contributed by atoms with van der Waals surface area (Å²) in [5, 5.41) is 3.41. The molecule has 1 unspecified atom stereocenters. The van der Waals surface area contributed by atoms with E-state index in [-0.39, 0.29) is 0 Å². The van der Waals surface area contributed by atoms with E-state index in [0.29, 0.717) is 11.9 Å². The van der Waals surface area contributed by atoms with Crippen LogP contribution in [0.15, 0.2) is 22.6 Å². The molecule has 90 valence electrons. The smallest absolute Gasteiger partial charge is 0.192 e. The van der Waals surface area contributed by atoms with Crippen molar-refractivity contribution in [1.82, 2.24) is 10.3 Å². The predicted octanol–water partition coefficient (Wildman–Crippen LogP) is 2.27. The SMILES string of the molecule is Cc1nc2cc(OCC3CCCN3)ccc2o1. The zero-order valence-electron chi connectivity index (χ0n) is 9.90. The number of hydrogen-bond donors (Lipinski definition) is 1. The Morgan fingerprint density at radius 1 is 1.53 bits per heavy atom. The van der Waals surface area contributed by atoms with Gasteiger partial charge >= 0.3 is 0 Å². The van der Waals surface area contributed by atoms with Gasteiger partial charge in [-0.1, -0.05) is 0 Å². The molecule has 4 heteroatoms. The molecule has 1 aliphatic heterocycles. The number of rotatable bonds is 3. The molecule has 0 bridgehead atoms. The molecule has 0 radical (unpaired) electrons. The number of hydrogen-bond acceptors (Lipinski definition) is 4. The lowest BCUT2D eigenvalue weighted by Crippen LogP contribution is -2.28. The second-order valence-corrected chi connectivity index (χ2v) is 4.47. The van der Waals surface area contributed by atoms with Crippen LogP contribution < -0.4 is 10.1 Å². The van der Waals surface area contributed by atoms with Crippen molar-refractivity contribution < 1.29 is 9.15 Å². The molecule has 1 N–H and O–H groups in total. The molecule has 3 rings (SSSR count). The first-order chi connectivity index (χ1) is 8.31. The van der Waals surface area contributed by atoms with Crippen molar-refractivity contribution in [2.75, 3.05) is 13.2 Å². The highest BCUT2D eigenvalue weighted by molar-refractivity contribution is 5.74. The fourth-order valence-electron chi connectivity index (χ4n) is 2.21. The summed E-state index contributed by atoms with van der Waals surface area (Å²) < 4.78 is 11.2. The maximum atomic E-state index is 5.76. The van der Waals surface area contributed by atoms with Gasteiger partial charge in [-0.05, 0) is 31.5 Å². The topological polar surface area (TPSA) is 47.3 Å². The van der Waals surface area contributed by atoms with E-state index in [1.807, 2.05) is 25.1 Å². The maximum Gasteiger partial charge on any atom is 0.192 e. The number of nitrogens with one attached hydrogen (secondary N) is 1. The van der Waals surface area contributed by atoms with E-state index in [2.05, 4.69) is 10.3 Å². The van der Waals surface area contributed by atoms with E-state index in [1.165, 1.54) is 12.8 Å². The Hall–Kier alpha value is -1.55. The summed E-state index contributed by atoms with van der Waals surface area (Å²) in [5.74, 6) is 1.55. The van der Waals surface area contributed by atoms with E-state index in [4.69, 9.17) is 9.15 Å². The number of nitrogens with zero attached hydrogens (tertiary/aromatic N) is 1. The molecule has 1 saturated heterocycles. The van der Waals surface area contributed by atoms with E-state index in [9.17, 15) is 0 Å². The summed E-state index contributed by atoms with van der Waals surface area (Å²) in [6.07, 6.45) is 2.45. The second-order valence-electron chi connectivity index (χ2n) is 4.47. The average molecular weight is 232 g/mol. The van der Waals surface area contributed by atoms with E-state index in [0.717, 1.165) is 30.0 Å². The third-order valence-electron chi connectivity index (χ3n) is 3.08. The Bertz CT molecular complexity index is 515. The van der Waals surface area contributed by atoms with Gasteiger partial charge in [-0.15, -0.1) is 0 Å². The first-order valence-corrected chi connectivity index (χ1v) is 6.05. The van der Waals surface area contributed by atoms with Crippen molar-refractivity contribution in [2.24, 2.45) is 0 Å². The molecule has 0 aliphatic carbocycles. The van der Waals surface area contributed by atoms with Gasteiger partial charge in [0.2, 0.25) is 0 Å². The Labute approximate surface area is 100.0 Å². The van der Waals surface area contributed by atoms with Crippen molar-refractivity contribution in [3.8, 4) is 5.75 Å². The Morgan fingerprint density at radius 2 is 2.47 bits per heavy atom. The number of fused-ring (bicyclic) bond motifs is 1. The van der Waals surface area contributed by atoms with Gasteiger partial charge in [-0.2, -0.15) is 0 Å². The molecule has 1 aromatic carbocycles. The lowest BCUT2D eigenvalue weighted by molar-refractivity contribution is 0.277. The van der Waals surface area contributed by atoms with E-state index < -0.39 is 0 Å². The van der Waals surface area contributed by atoms with Crippen LogP contribution in [-0.2, 0) is 0 Å². The minimum Gasteiger partial charge on any atom is -0.492 e. The molecule has 1 fully saturated rings. The molecule has 0 saturated carbocycles. The third-order valence-corrected chi connectivity index (χ3v) is 3.08. The van der Waals surface area contributed by atoms with Crippen molar-refractivity contribution in [3.63, 3.8) is 0 Å². The predicted molar refractivity (Wildman–Crippen MR) is 65.3 cm³/mol. The molecular weight excluding hydrogens is 216 g/mol. The largest absolute Gasteiger partial charge is 0.492 e. The Morgan fingerprint density at radius 3 is 3.29 bits per heavy atom. The molecule has 0 spiro atoms. The lowest BCUT2D eigenvalue weighted by atomic mass is 10.2. The number of aromatic nitrogens is 1. The third kappa shape index (κ3) is 2.26. The fraction of sp³-hybridized carbons (Fsp3) is 0.462. The monoisotopic (exact) mass is 232 g/mol. The van der Waals surface area contributed by atoms with E-state index in [1.54, 1.807) is 0 Å². The quantitative estimate of drug-likeness (QED) is 0.881. The average Bonchev–Trinajstić information content (AvgIpc) is 2.92. The second kappa shape index (κ2) is 4.37. The maximum absolute atomic E-state index is 5.76. The van der Waals surface area contributed by atoms with Crippen molar-refractivity contribution in [2.45, 2.75) is 25.8 Å². The highest BCUT2D eigenvalue weighted by Crippen LogP contribution is 2.21. The van der Waals surface area contributed by atoms with Gasteiger partial charge in [0.05, 0.1) is 0 Å². The van der Waals surface area contributed by atoms with Gasteiger partial charge in [0.15, 0.2) is 11.5 Å². The molecule has 2 heterocycles. The van der Waals surface area contributed by atoms with Crippen LogP contribution in [0.5, 0.6) is 5.75 Å². The summed E-state index contributed by atoms with van der Waals surface area (Å²) in [6, 6.07) is 6.26. The standard InChI is InChI=1S/C13H16N2O2/c1-9-15-12-7-11(4-5-13(12)17-9)16-8-10-3-2-6-14-10/h4-5,7,10,14H,2-3,6,8H2,1H3. The van der Waals surface area contributed by atoms with Gasteiger partial charge < -0.3 is 14.5 Å². The molecule has 4 nitrogen and oxygen atoms in total. The van der Waals surface area contributed by atoms with Crippen LogP contribution in [0.1, 0.15) is 18.7 Å². The molecular formula is C13H16N2O2. The van der Waals surface area contributed by atoms with Crippen LogP contribution >= 0.6 is 0 Å². The fourth-order valence-corrected chi connectivity index (χ4v) is 2.21. The van der Waals surface area contributed by atoms with Crippen molar-refractivity contribution in [3.05, 3.63) is 24.1 Å². The van der Waals surface area contributed by atoms with Crippen molar-refractivity contribution >= 4 is 11.1 Å². The van der Waals surface area contributed by atoms with Crippen LogP contribution in [0.3, 0.4) is 0 Å². The van der Waals surface area contributed by atoms with Gasteiger partial charge in [0.25, 0.3) is 0 Å². The number of aryl methyl sites for hydroxylation is 1. The number of benzene rings is 1. The molecule has 0 amide bonds. The van der Waals surface area contributed by atoms with Gasteiger partial charge in [-0.25, -0.2) is 4.98 Å². The molecule has 1 aliphatic rings. The van der Waals surface area contributed by atoms with Crippen LogP contribution in [0, 0.1) is 6.92 Å². The van der Waals surface area contributed by atoms with Crippen LogP contribution in [-0.4, -0.2) is 24.2 Å². The zero-order valence-corrected chi connectivity index (χ0v) is 9.90. The number of oxazole rings is 1.